The fourth-order valence-electron chi connectivity index (χ4n) is 1.53. The lowest BCUT2D eigenvalue weighted by Gasteiger charge is -2.13. The molecule has 1 aliphatic rings. The van der Waals surface area contributed by atoms with Crippen molar-refractivity contribution in [3.05, 3.63) is 41.5 Å². The maximum atomic E-state index is 11.5. The van der Waals surface area contributed by atoms with E-state index in [-0.39, 0.29) is 11.5 Å². The normalized spacial score (nSPS) is 15.3. The Morgan fingerprint density at radius 2 is 1.77 bits per heavy atom. The van der Waals surface area contributed by atoms with Gasteiger partial charge in [-0.05, 0) is 24.1 Å². The molecule has 0 aliphatic heterocycles. The molecule has 0 saturated carbocycles. The highest BCUT2D eigenvalue weighted by atomic mass is 16.1. The van der Waals surface area contributed by atoms with Crippen LogP contribution in [0.5, 0.6) is 0 Å². The quantitative estimate of drug-likeness (QED) is 0.639. The van der Waals surface area contributed by atoms with Gasteiger partial charge in [-0.25, -0.2) is 0 Å². The van der Waals surface area contributed by atoms with E-state index < -0.39 is 0 Å². The molecule has 0 amide bonds. The summed E-state index contributed by atoms with van der Waals surface area (Å²) in [6.07, 6.45) is 1.62. The Balaban J connectivity index is 2.72. The third-order valence-corrected chi connectivity index (χ3v) is 2.20. The van der Waals surface area contributed by atoms with Gasteiger partial charge in [0.25, 0.3) is 0 Å². The van der Waals surface area contributed by atoms with Crippen molar-refractivity contribution in [2.45, 2.75) is 6.92 Å². The van der Waals surface area contributed by atoms with E-state index in [9.17, 15) is 4.79 Å². The second-order valence-electron chi connectivity index (χ2n) is 3.12. The van der Waals surface area contributed by atoms with Crippen LogP contribution in [0.2, 0.25) is 0 Å². The maximum Gasteiger partial charge on any atom is 0.211 e. The smallest absolute Gasteiger partial charge is 0.211 e. The molecular weight excluding hydrogens is 162 g/mol. The number of carbonyl (C=O) groups is 1. The number of hydrogen-bond acceptors (Lipinski definition) is 2. The first-order chi connectivity index (χ1) is 6.20. The van der Waals surface area contributed by atoms with Crippen molar-refractivity contribution in [2.24, 2.45) is 0 Å². The van der Waals surface area contributed by atoms with Crippen molar-refractivity contribution in [2.75, 3.05) is 0 Å². The number of nitrogens with one attached hydrogen (secondary N) is 1. The van der Waals surface area contributed by atoms with Gasteiger partial charge < -0.3 is 0 Å². The zero-order valence-electron chi connectivity index (χ0n) is 7.29. The predicted molar refractivity (Wildman–Crippen MR) is 52.2 cm³/mol. The Hall–Kier alpha value is -1.70. The summed E-state index contributed by atoms with van der Waals surface area (Å²) in [7, 11) is 0. The highest BCUT2D eigenvalue weighted by Crippen LogP contribution is 2.23. The summed E-state index contributed by atoms with van der Waals surface area (Å²) < 4.78 is 0. The van der Waals surface area contributed by atoms with Crippen LogP contribution in [0.4, 0.5) is 0 Å². The third kappa shape index (κ3) is 1.11. The van der Waals surface area contributed by atoms with Crippen LogP contribution in [0.1, 0.15) is 22.8 Å². The Morgan fingerprint density at radius 1 is 1.15 bits per heavy atom. The Morgan fingerprint density at radius 3 is 2.46 bits per heavy atom. The van der Waals surface area contributed by atoms with Gasteiger partial charge in [-0.1, -0.05) is 24.3 Å². The molecule has 0 saturated heterocycles. The van der Waals surface area contributed by atoms with Gasteiger partial charge in [0.1, 0.15) is 5.71 Å². The molecule has 1 N–H and O–H groups in total. The van der Waals surface area contributed by atoms with Gasteiger partial charge >= 0.3 is 0 Å². The molecule has 64 valence electrons. The van der Waals surface area contributed by atoms with E-state index >= 15 is 0 Å². The number of allylic oxidation sites excluding steroid dienone is 2. The van der Waals surface area contributed by atoms with E-state index in [1.54, 1.807) is 12.1 Å². The van der Waals surface area contributed by atoms with Gasteiger partial charge in [0.2, 0.25) is 5.78 Å². The highest BCUT2D eigenvalue weighted by Gasteiger charge is 2.19. The summed E-state index contributed by atoms with van der Waals surface area (Å²) in [5.41, 5.74) is 2.66. The Kier molecular flexibility index (Phi) is 1.62. The Labute approximate surface area is 76.4 Å². The van der Waals surface area contributed by atoms with E-state index in [0.29, 0.717) is 5.56 Å². The SMILES string of the molecule is CC1=CC(=N)C(=O)c2ccccc21. The van der Waals surface area contributed by atoms with Crippen LogP contribution in [0.15, 0.2) is 30.3 Å². The third-order valence-electron chi connectivity index (χ3n) is 2.20. The molecule has 0 fully saturated rings. The second kappa shape index (κ2) is 2.66. The first kappa shape index (κ1) is 7.92. The maximum absolute atomic E-state index is 11.5. The Bertz CT molecular complexity index is 429. The molecule has 1 aromatic carbocycles. The van der Waals surface area contributed by atoms with Crippen molar-refractivity contribution in [1.82, 2.24) is 0 Å². The standard InChI is InChI=1S/C11H9NO/c1-7-6-10(12)11(13)9-5-3-2-4-8(7)9/h2-6,12H,1H3. The zero-order chi connectivity index (χ0) is 9.42. The van der Waals surface area contributed by atoms with Gasteiger partial charge in [0.05, 0.1) is 0 Å². The van der Waals surface area contributed by atoms with Crippen molar-refractivity contribution in [1.29, 1.82) is 5.41 Å². The van der Waals surface area contributed by atoms with Gasteiger partial charge in [-0.3, -0.25) is 10.2 Å². The fourth-order valence-corrected chi connectivity index (χ4v) is 1.53. The molecule has 0 spiro atoms. The minimum Gasteiger partial charge on any atom is -0.297 e. The number of benzene rings is 1. The molecule has 0 atom stereocenters. The lowest BCUT2D eigenvalue weighted by Crippen LogP contribution is -2.17. The number of fused-ring (bicyclic) bond motifs is 1. The van der Waals surface area contributed by atoms with Gasteiger partial charge in [0, 0.05) is 5.56 Å². The van der Waals surface area contributed by atoms with Crippen molar-refractivity contribution in [3.63, 3.8) is 0 Å². The molecular formula is C11H9NO. The molecule has 0 heterocycles. The van der Waals surface area contributed by atoms with Gasteiger partial charge in [-0.15, -0.1) is 0 Å². The van der Waals surface area contributed by atoms with Crippen molar-refractivity contribution < 1.29 is 4.79 Å². The molecule has 0 bridgehead atoms. The van der Waals surface area contributed by atoms with E-state index in [2.05, 4.69) is 0 Å². The van der Waals surface area contributed by atoms with Crippen LogP contribution in [0.3, 0.4) is 0 Å². The molecule has 2 nitrogen and oxygen atoms in total. The van der Waals surface area contributed by atoms with Crippen LogP contribution in [0, 0.1) is 5.41 Å². The van der Waals surface area contributed by atoms with Crippen LogP contribution in [-0.2, 0) is 0 Å². The van der Waals surface area contributed by atoms with E-state index in [1.807, 2.05) is 25.1 Å². The summed E-state index contributed by atoms with van der Waals surface area (Å²) in [5, 5.41) is 7.43. The number of ketones is 1. The van der Waals surface area contributed by atoms with Crippen LogP contribution in [0.25, 0.3) is 5.57 Å². The first-order valence-corrected chi connectivity index (χ1v) is 4.11. The minimum atomic E-state index is -0.179. The highest BCUT2D eigenvalue weighted by molar-refractivity contribution is 6.51. The number of rotatable bonds is 0. The monoisotopic (exact) mass is 171 g/mol. The van der Waals surface area contributed by atoms with Crippen LogP contribution >= 0.6 is 0 Å². The van der Waals surface area contributed by atoms with E-state index in [1.165, 1.54) is 0 Å². The van der Waals surface area contributed by atoms with Crippen molar-refractivity contribution >= 4 is 17.1 Å². The number of carbonyl (C=O) groups excluding carboxylic acids is 1. The largest absolute Gasteiger partial charge is 0.297 e. The molecule has 1 aromatic rings. The summed E-state index contributed by atoms with van der Waals surface area (Å²) in [5.74, 6) is -0.179. The van der Waals surface area contributed by atoms with E-state index in [0.717, 1.165) is 11.1 Å². The van der Waals surface area contributed by atoms with Gasteiger partial charge in [0.15, 0.2) is 0 Å². The van der Waals surface area contributed by atoms with Crippen molar-refractivity contribution in [3.8, 4) is 0 Å². The molecule has 2 heteroatoms. The van der Waals surface area contributed by atoms with Gasteiger partial charge in [-0.2, -0.15) is 0 Å². The fraction of sp³-hybridized carbons (Fsp3) is 0.0909. The summed E-state index contributed by atoms with van der Waals surface area (Å²) >= 11 is 0. The topological polar surface area (TPSA) is 40.9 Å². The molecule has 13 heavy (non-hydrogen) atoms. The summed E-state index contributed by atoms with van der Waals surface area (Å²) in [6, 6.07) is 7.40. The lowest BCUT2D eigenvalue weighted by molar-refractivity contribution is 0.106. The molecule has 1 aliphatic carbocycles. The van der Waals surface area contributed by atoms with E-state index in [4.69, 9.17) is 5.41 Å². The first-order valence-electron chi connectivity index (χ1n) is 4.11. The average molecular weight is 171 g/mol. The number of Topliss-reactive ketones (excluding diaryl/α,β-unsaturated/α-hetero) is 1. The predicted octanol–water partition coefficient (Wildman–Crippen LogP) is 2.31. The molecule has 0 radical (unpaired) electrons. The molecule has 2 rings (SSSR count). The molecule has 0 unspecified atom stereocenters. The average Bonchev–Trinajstić information content (AvgIpc) is 2.15. The summed E-state index contributed by atoms with van der Waals surface area (Å²) in [4.78, 5) is 11.5. The van der Waals surface area contributed by atoms with Crippen LogP contribution in [-0.4, -0.2) is 11.5 Å². The second-order valence-corrected chi connectivity index (χ2v) is 3.12. The number of hydrogen-bond donors (Lipinski definition) is 1. The minimum absolute atomic E-state index is 0.0798. The lowest BCUT2D eigenvalue weighted by atomic mass is 9.90. The summed E-state index contributed by atoms with van der Waals surface area (Å²) in [6.45, 7) is 1.92. The molecule has 0 aromatic heterocycles. The van der Waals surface area contributed by atoms with Crippen LogP contribution < -0.4 is 0 Å². The zero-order valence-corrected chi connectivity index (χ0v) is 7.29.